The summed E-state index contributed by atoms with van der Waals surface area (Å²) >= 11 is 1.50. The van der Waals surface area contributed by atoms with Crippen LogP contribution in [0.1, 0.15) is 17.5 Å². The van der Waals surface area contributed by atoms with Gasteiger partial charge in [-0.3, -0.25) is 9.69 Å². The first-order valence-electron chi connectivity index (χ1n) is 10.4. The Balaban J connectivity index is 1.39. The number of hydrogen-bond acceptors (Lipinski definition) is 6. The fourth-order valence-corrected chi connectivity index (χ4v) is 4.66. The number of amides is 1. The van der Waals surface area contributed by atoms with Gasteiger partial charge in [-0.05, 0) is 47.9 Å². The number of carbonyl (C=O) groups is 1. The van der Waals surface area contributed by atoms with Crippen molar-refractivity contribution in [3.63, 3.8) is 0 Å². The predicted molar refractivity (Wildman–Crippen MR) is 125 cm³/mol. The van der Waals surface area contributed by atoms with Crippen molar-refractivity contribution in [1.82, 2.24) is 4.98 Å². The maximum Gasteiger partial charge on any atom is 0.231 e. The van der Waals surface area contributed by atoms with Gasteiger partial charge in [0.2, 0.25) is 12.7 Å². The number of methoxy groups -OCH3 is 1. The zero-order chi connectivity index (χ0) is 21.9. The van der Waals surface area contributed by atoms with Gasteiger partial charge in [-0.25, -0.2) is 4.98 Å². The van der Waals surface area contributed by atoms with Crippen molar-refractivity contribution >= 4 is 32.6 Å². The number of nitrogens with zero attached hydrogens (tertiary/aromatic N) is 2. The normalized spacial score (nSPS) is 12.2. The zero-order valence-electron chi connectivity index (χ0n) is 17.6. The second kappa shape index (κ2) is 8.88. The van der Waals surface area contributed by atoms with Gasteiger partial charge in [0, 0.05) is 6.42 Å². The van der Waals surface area contributed by atoms with E-state index < -0.39 is 0 Å². The topological polar surface area (TPSA) is 60.9 Å². The molecule has 0 aliphatic carbocycles. The summed E-state index contributed by atoms with van der Waals surface area (Å²) in [6.07, 6.45) is 0.977. The summed E-state index contributed by atoms with van der Waals surface area (Å²) in [4.78, 5) is 19.9. The maximum absolute atomic E-state index is 13.4. The molecule has 4 aromatic rings. The van der Waals surface area contributed by atoms with Gasteiger partial charge in [-0.1, -0.05) is 47.7 Å². The molecule has 5 rings (SSSR count). The van der Waals surface area contributed by atoms with Crippen LogP contribution in [-0.2, 0) is 17.8 Å². The monoisotopic (exact) mass is 446 g/mol. The van der Waals surface area contributed by atoms with E-state index in [1.165, 1.54) is 11.3 Å². The van der Waals surface area contributed by atoms with Crippen molar-refractivity contribution in [3.05, 3.63) is 77.9 Å². The highest BCUT2D eigenvalue weighted by atomic mass is 32.1. The third kappa shape index (κ3) is 4.24. The summed E-state index contributed by atoms with van der Waals surface area (Å²) in [5, 5.41) is 0.688. The van der Waals surface area contributed by atoms with E-state index >= 15 is 0 Å². The molecule has 0 radical (unpaired) electrons. The Labute approximate surface area is 190 Å². The minimum Gasteiger partial charge on any atom is -0.497 e. The van der Waals surface area contributed by atoms with E-state index in [4.69, 9.17) is 19.2 Å². The van der Waals surface area contributed by atoms with Gasteiger partial charge in [-0.15, -0.1) is 0 Å². The third-order valence-corrected chi connectivity index (χ3v) is 6.41. The van der Waals surface area contributed by atoms with Crippen molar-refractivity contribution in [2.75, 3.05) is 18.8 Å². The molecule has 7 heteroatoms. The molecule has 1 aromatic heterocycles. The van der Waals surface area contributed by atoms with Gasteiger partial charge in [0.25, 0.3) is 0 Å². The Kier molecular flexibility index (Phi) is 5.64. The van der Waals surface area contributed by atoms with Crippen molar-refractivity contribution in [2.24, 2.45) is 0 Å². The number of ether oxygens (including phenoxy) is 3. The maximum atomic E-state index is 13.4. The molecule has 0 N–H and O–H groups in total. The molecular formula is C25H22N2O4S. The summed E-state index contributed by atoms with van der Waals surface area (Å²) in [5.74, 6) is 2.28. The van der Waals surface area contributed by atoms with Crippen LogP contribution in [0.25, 0.3) is 10.2 Å². The number of thiazole rings is 1. The Bertz CT molecular complexity index is 1260. The number of carbonyl (C=O) groups excluding carboxylic acids is 1. The molecule has 162 valence electrons. The summed E-state index contributed by atoms with van der Waals surface area (Å²) in [7, 11) is 1.64. The molecule has 1 amide bonds. The first-order valence-corrected chi connectivity index (χ1v) is 11.2. The van der Waals surface area contributed by atoms with Gasteiger partial charge < -0.3 is 14.2 Å². The van der Waals surface area contributed by atoms with Gasteiger partial charge in [0.05, 0.1) is 23.9 Å². The molecule has 2 heterocycles. The van der Waals surface area contributed by atoms with Crippen LogP contribution < -0.4 is 19.1 Å². The molecule has 0 saturated heterocycles. The van der Waals surface area contributed by atoms with Crippen LogP contribution in [0.2, 0.25) is 0 Å². The zero-order valence-corrected chi connectivity index (χ0v) is 18.4. The lowest BCUT2D eigenvalue weighted by Crippen LogP contribution is -2.30. The van der Waals surface area contributed by atoms with Gasteiger partial charge >= 0.3 is 0 Å². The smallest absolute Gasteiger partial charge is 0.231 e. The SMILES string of the molecule is COc1ccc2nc(N(Cc3ccccc3)C(=O)CCc3ccc4c(c3)OCO4)sc2c1. The van der Waals surface area contributed by atoms with E-state index in [9.17, 15) is 4.79 Å². The summed E-state index contributed by atoms with van der Waals surface area (Å²) in [6.45, 7) is 0.711. The van der Waals surface area contributed by atoms with Gasteiger partial charge in [0.1, 0.15) is 5.75 Å². The van der Waals surface area contributed by atoms with Crippen LogP contribution in [0.5, 0.6) is 17.2 Å². The number of rotatable bonds is 7. The summed E-state index contributed by atoms with van der Waals surface area (Å²) in [6, 6.07) is 21.6. The Morgan fingerprint density at radius 1 is 1.03 bits per heavy atom. The van der Waals surface area contributed by atoms with Crippen LogP contribution in [0.4, 0.5) is 5.13 Å². The number of aryl methyl sites for hydroxylation is 1. The first-order chi connectivity index (χ1) is 15.7. The fraction of sp³-hybridized carbons (Fsp3) is 0.200. The van der Waals surface area contributed by atoms with Crippen LogP contribution in [0.15, 0.2) is 66.7 Å². The molecule has 0 fully saturated rings. The highest BCUT2D eigenvalue weighted by Crippen LogP contribution is 2.34. The first kappa shape index (κ1) is 20.3. The van der Waals surface area contributed by atoms with E-state index in [1.54, 1.807) is 12.0 Å². The third-order valence-electron chi connectivity index (χ3n) is 5.36. The molecule has 1 aliphatic heterocycles. The lowest BCUT2D eigenvalue weighted by molar-refractivity contribution is -0.118. The van der Waals surface area contributed by atoms with Gasteiger partial charge in [0.15, 0.2) is 16.6 Å². The number of hydrogen-bond donors (Lipinski definition) is 0. The highest BCUT2D eigenvalue weighted by molar-refractivity contribution is 7.22. The molecule has 1 aliphatic rings. The molecule has 0 atom stereocenters. The molecule has 0 unspecified atom stereocenters. The quantitative estimate of drug-likeness (QED) is 0.391. The van der Waals surface area contributed by atoms with Gasteiger partial charge in [-0.2, -0.15) is 0 Å². The predicted octanol–water partition coefficient (Wildman–Crippen LogP) is 5.20. The minimum absolute atomic E-state index is 0.0255. The van der Waals surface area contributed by atoms with Crippen molar-refractivity contribution < 1.29 is 19.0 Å². The molecule has 0 saturated carbocycles. The van der Waals surface area contributed by atoms with Crippen LogP contribution in [0.3, 0.4) is 0 Å². The van der Waals surface area contributed by atoms with Crippen molar-refractivity contribution in [2.45, 2.75) is 19.4 Å². The van der Waals surface area contributed by atoms with E-state index in [0.717, 1.165) is 38.6 Å². The summed E-state index contributed by atoms with van der Waals surface area (Å²) < 4.78 is 17.2. The lowest BCUT2D eigenvalue weighted by atomic mass is 10.1. The Morgan fingerprint density at radius 2 is 1.88 bits per heavy atom. The van der Waals surface area contributed by atoms with E-state index in [2.05, 4.69) is 0 Å². The second-order valence-electron chi connectivity index (χ2n) is 7.48. The number of anilines is 1. The number of benzene rings is 3. The summed E-state index contributed by atoms with van der Waals surface area (Å²) in [5.41, 5.74) is 2.95. The van der Waals surface area contributed by atoms with Crippen molar-refractivity contribution in [3.8, 4) is 17.2 Å². The highest BCUT2D eigenvalue weighted by Gasteiger charge is 2.21. The van der Waals surface area contributed by atoms with Crippen molar-refractivity contribution in [1.29, 1.82) is 0 Å². The number of aromatic nitrogens is 1. The van der Waals surface area contributed by atoms with E-state index in [0.29, 0.717) is 24.5 Å². The molecule has 0 spiro atoms. The molecule has 3 aromatic carbocycles. The van der Waals surface area contributed by atoms with Crippen LogP contribution in [0, 0.1) is 0 Å². The lowest BCUT2D eigenvalue weighted by Gasteiger charge is -2.20. The second-order valence-corrected chi connectivity index (χ2v) is 8.49. The fourth-order valence-electron chi connectivity index (χ4n) is 3.65. The standard InChI is InChI=1S/C25H22N2O4S/c1-29-19-9-10-20-23(14-19)32-25(26-20)27(15-18-5-3-2-4-6-18)24(28)12-8-17-7-11-21-22(13-17)31-16-30-21/h2-7,9-11,13-14H,8,12,15-16H2,1H3. The van der Waals surface area contributed by atoms with E-state index in [1.807, 2.05) is 66.7 Å². The Hall–Kier alpha value is -3.58. The Morgan fingerprint density at radius 3 is 2.72 bits per heavy atom. The average molecular weight is 447 g/mol. The largest absolute Gasteiger partial charge is 0.497 e. The van der Waals surface area contributed by atoms with Crippen LogP contribution >= 0.6 is 11.3 Å². The van der Waals surface area contributed by atoms with E-state index in [-0.39, 0.29) is 12.7 Å². The van der Waals surface area contributed by atoms with Crippen LogP contribution in [-0.4, -0.2) is 24.8 Å². The average Bonchev–Trinajstić information content (AvgIpc) is 3.47. The molecular weight excluding hydrogens is 424 g/mol. The molecule has 0 bridgehead atoms. The molecule has 32 heavy (non-hydrogen) atoms. The number of fused-ring (bicyclic) bond motifs is 2. The minimum atomic E-state index is 0.0255. The molecule has 6 nitrogen and oxygen atoms in total.